The molecule has 6 heteroatoms. The van der Waals surface area contributed by atoms with Crippen LogP contribution in [0.1, 0.15) is 17.3 Å². The summed E-state index contributed by atoms with van der Waals surface area (Å²) in [5.74, 6) is 0.435. The Hall–Kier alpha value is -1.20. The molecule has 0 aromatic carbocycles. The van der Waals surface area contributed by atoms with Gasteiger partial charge < -0.3 is 10.1 Å². The first-order valence-corrected chi connectivity index (χ1v) is 4.94. The van der Waals surface area contributed by atoms with Crippen molar-refractivity contribution >= 4 is 23.7 Å². The Morgan fingerprint density at radius 2 is 2.40 bits per heavy atom. The summed E-state index contributed by atoms with van der Waals surface area (Å²) in [5.41, 5.74) is 0.274. The van der Waals surface area contributed by atoms with Crippen molar-refractivity contribution in [3.05, 3.63) is 17.0 Å². The van der Waals surface area contributed by atoms with Gasteiger partial charge in [-0.05, 0) is 6.92 Å². The molecule has 82 valence electrons. The summed E-state index contributed by atoms with van der Waals surface area (Å²) in [5, 5.41) is 3.10. The number of nitrogens with one attached hydrogen (secondary N) is 1. The first kappa shape index (κ1) is 11.9. The van der Waals surface area contributed by atoms with Crippen molar-refractivity contribution in [2.45, 2.75) is 6.92 Å². The third-order valence-electron chi connectivity index (χ3n) is 1.70. The third kappa shape index (κ3) is 3.45. The van der Waals surface area contributed by atoms with Gasteiger partial charge in [-0.3, -0.25) is 4.79 Å². The zero-order chi connectivity index (χ0) is 11.1. The molecule has 1 aromatic rings. The molecule has 0 aliphatic heterocycles. The van der Waals surface area contributed by atoms with E-state index in [-0.39, 0.29) is 10.7 Å². The highest BCUT2D eigenvalue weighted by atomic mass is 35.5. The molecule has 0 amide bonds. The number of ether oxygens (including phenoxy) is 1. The average molecular weight is 230 g/mol. The second-order valence-corrected chi connectivity index (χ2v) is 3.03. The highest BCUT2D eigenvalue weighted by Gasteiger charge is 2.07. The van der Waals surface area contributed by atoms with Crippen molar-refractivity contribution in [1.29, 1.82) is 0 Å². The monoisotopic (exact) mass is 229 g/mol. The Morgan fingerprint density at radius 1 is 1.60 bits per heavy atom. The zero-order valence-corrected chi connectivity index (χ0v) is 9.12. The topological polar surface area (TPSA) is 64.1 Å². The van der Waals surface area contributed by atoms with Crippen LogP contribution in [0.3, 0.4) is 0 Å². The SMILES string of the molecule is CCOCCNc1ncnc(Cl)c1C=O. The number of nitrogens with zero attached hydrogens (tertiary/aromatic N) is 2. The normalized spacial score (nSPS) is 10.0. The largest absolute Gasteiger partial charge is 0.380 e. The first-order valence-electron chi connectivity index (χ1n) is 4.56. The standard InChI is InChI=1S/C9H12ClN3O2/c1-2-15-4-3-11-9-7(5-14)8(10)12-6-13-9/h5-6H,2-4H2,1H3,(H,11,12,13). The molecular weight excluding hydrogens is 218 g/mol. The second-order valence-electron chi connectivity index (χ2n) is 2.67. The highest BCUT2D eigenvalue weighted by molar-refractivity contribution is 6.32. The van der Waals surface area contributed by atoms with Gasteiger partial charge in [0.15, 0.2) is 6.29 Å². The fourth-order valence-electron chi connectivity index (χ4n) is 1.01. The summed E-state index contributed by atoms with van der Waals surface area (Å²) in [6.07, 6.45) is 1.93. The van der Waals surface area contributed by atoms with Gasteiger partial charge in [-0.15, -0.1) is 0 Å². The molecular formula is C9H12ClN3O2. The minimum absolute atomic E-state index is 0.152. The fourth-order valence-corrected chi connectivity index (χ4v) is 1.18. The number of aldehydes is 1. The summed E-state index contributed by atoms with van der Waals surface area (Å²) in [4.78, 5) is 18.3. The van der Waals surface area contributed by atoms with Crippen LogP contribution < -0.4 is 5.32 Å². The van der Waals surface area contributed by atoms with Gasteiger partial charge in [0.05, 0.1) is 12.2 Å². The number of anilines is 1. The molecule has 1 heterocycles. The number of aromatic nitrogens is 2. The van der Waals surface area contributed by atoms with Gasteiger partial charge in [-0.2, -0.15) is 0 Å². The van der Waals surface area contributed by atoms with Crippen molar-refractivity contribution < 1.29 is 9.53 Å². The van der Waals surface area contributed by atoms with E-state index < -0.39 is 0 Å². The fraction of sp³-hybridized carbons (Fsp3) is 0.444. The zero-order valence-electron chi connectivity index (χ0n) is 8.36. The van der Waals surface area contributed by atoms with Crippen molar-refractivity contribution in [2.24, 2.45) is 0 Å². The lowest BCUT2D eigenvalue weighted by atomic mass is 10.3. The van der Waals surface area contributed by atoms with Gasteiger partial charge in [-0.1, -0.05) is 11.6 Å². The van der Waals surface area contributed by atoms with Gasteiger partial charge in [-0.25, -0.2) is 9.97 Å². The van der Waals surface area contributed by atoms with E-state index in [0.29, 0.717) is 31.9 Å². The van der Waals surface area contributed by atoms with Gasteiger partial charge in [0.25, 0.3) is 0 Å². The Labute approximate surface area is 92.8 Å². The minimum atomic E-state index is 0.152. The van der Waals surface area contributed by atoms with Crippen molar-refractivity contribution in [2.75, 3.05) is 25.1 Å². The summed E-state index contributed by atoms with van der Waals surface area (Å²) < 4.78 is 5.13. The maximum absolute atomic E-state index is 10.7. The lowest BCUT2D eigenvalue weighted by Crippen LogP contribution is -2.12. The third-order valence-corrected chi connectivity index (χ3v) is 2.00. The molecule has 5 nitrogen and oxygen atoms in total. The molecule has 0 atom stereocenters. The molecule has 0 fully saturated rings. The predicted molar refractivity (Wildman–Crippen MR) is 57.4 cm³/mol. The summed E-state index contributed by atoms with van der Waals surface area (Å²) >= 11 is 5.72. The van der Waals surface area contributed by atoms with E-state index in [1.165, 1.54) is 6.33 Å². The van der Waals surface area contributed by atoms with Crippen LogP contribution in [0.15, 0.2) is 6.33 Å². The van der Waals surface area contributed by atoms with Crippen LogP contribution in [0.25, 0.3) is 0 Å². The maximum Gasteiger partial charge on any atom is 0.156 e. The lowest BCUT2D eigenvalue weighted by Gasteiger charge is -2.07. The number of carbonyl (C=O) groups excluding carboxylic acids is 1. The molecule has 0 unspecified atom stereocenters. The Morgan fingerprint density at radius 3 is 3.07 bits per heavy atom. The second kappa shape index (κ2) is 6.31. The van der Waals surface area contributed by atoms with Gasteiger partial charge in [0, 0.05) is 13.2 Å². The van der Waals surface area contributed by atoms with E-state index in [1.807, 2.05) is 6.92 Å². The van der Waals surface area contributed by atoms with E-state index in [2.05, 4.69) is 15.3 Å². The molecule has 1 rings (SSSR count). The van der Waals surface area contributed by atoms with E-state index in [9.17, 15) is 4.79 Å². The maximum atomic E-state index is 10.7. The van der Waals surface area contributed by atoms with E-state index in [4.69, 9.17) is 16.3 Å². The van der Waals surface area contributed by atoms with Crippen LogP contribution in [0.4, 0.5) is 5.82 Å². The Kier molecular flexibility index (Phi) is 5.00. The molecule has 15 heavy (non-hydrogen) atoms. The van der Waals surface area contributed by atoms with Crippen LogP contribution in [0.5, 0.6) is 0 Å². The number of hydrogen-bond donors (Lipinski definition) is 1. The quantitative estimate of drug-likeness (QED) is 0.454. The molecule has 0 saturated carbocycles. The molecule has 0 spiro atoms. The predicted octanol–water partition coefficient (Wildman–Crippen LogP) is 1.39. The van der Waals surface area contributed by atoms with Gasteiger partial charge in [0.1, 0.15) is 17.3 Å². The molecule has 0 aliphatic carbocycles. The van der Waals surface area contributed by atoms with Crippen LogP contribution in [-0.2, 0) is 4.74 Å². The number of rotatable bonds is 6. The first-order chi connectivity index (χ1) is 7.29. The van der Waals surface area contributed by atoms with Crippen LogP contribution in [0.2, 0.25) is 5.15 Å². The van der Waals surface area contributed by atoms with E-state index in [1.54, 1.807) is 0 Å². The number of hydrogen-bond acceptors (Lipinski definition) is 5. The molecule has 0 radical (unpaired) electrons. The Bertz CT molecular complexity index is 333. The molecule has 0 aliphatic rings. The highest BCUT2D eigenvalue weighted by Crippen LogP contribution is 2.16. The van der Waals surface area contributed by atoms with Crippen LogP contribution >= 0.6 is 11.6 Å². The number of halogens is 1. The molecule has 0 bridgehead atoms. The van der Waals surface area contributed by atoms with Crippen LogP contribution in [0, 0.1) is 0 Å². The minimum Gasteiger partial charge on any atom is -0.380 e. The van der Waals surface area contributed by atoms with E-state index >= 15 is 0 Å². The summed E-state index contributed by atoms with van der Waals surface area (Å²) in [7, 11) is 0. The van der Waals surface area contributed by atoms with Gasteiger partial charge in [0.2, 0.25) is 0 Å². The van der Waals surface area contributed by atoms with Crippen LogP contribution in [-0.4, -0.2) is 36.0 Å². The molecule has 1 aromatic heterocycles. The average Bonchev–Trinajstić information content (AvgIpc) is 2.24. The van der Waals surface area contributed by atoms with E-state index in [0.717, 1.165) is 0 Å². The molecule has 0 saturated heterocycles. The van der Waals surface area contributed by atoms with Crippen molar-refractivity contribution in [3.63, 3.8) is 0 Å². The van der Waals surface area contributed by atoms with Crippen molar-refractivity contribution in [3.8, 4) is 0 Å². The van der Waals surface area contributed by atoms with Crippen molar-refractivity contribution in [1.82, 2.24) is 9.97 Å². The number of carbonyl (C=O) groups is 1. The smallest absolute Gasteiger partial charge is 0.156 e. The summed E-state index contributed by atoms with van der Waals surface area (Å²) in [6.45, 7) is 3.70. The lowest BCUT2D eigenvalue weighted by molar-refractivity contribution is 0.112. The summed E-state index contributed by atoms with van der Waals surface area (Å²) in [6, 6.07) is 0. The molecule has 1 N–H and O–H groups in total. The van der Waals surface area contributed by atoms with Gasteiger partial charge >= 0.3 is 0 Å². The Balaban J connectivity index is 2.60.